The number of hydrogen-bond donors (Lipinski definition) is 0. The smallest absolute Gasteiger partial charge is 0.162 e. The average Bonchev–Trinajstić information content (AvgIpc) is 3.12. The fourth-order valence-electron chi connectivity index (χ4n) is 3.66. The minimum Gasteiger partial charge on any atom is -0.323 e. The maximum atomic E-state index is 5.01. The van der Waals surface area contributed by atoms with E-state index in [1.165, 1.54) is 0 Å². The molecule has 0 fully saturated rings. The Kier molecular flexibility index (Phi) is 4.09. The number of imidazole rings is 1. The molecular formula is C24H20N4. The van der Waals surface area contributed by atoms with Gasteiger partial charge in [-0.1, -0.05) is 61.5 Å². The third-order valence-corrected chi connectivity index (χ3v) is 4.93. The van der Waals surface area contributed by atoms with Crippen molar-refractivity contribution in [2.75, 3.05) is 0 Å². The number of fused-ring (bicyclic) bond motifs is 2. The predicted octanol–water partition coefficient (Wildman–Crippen LogP) is 5.72. The fourth-order valence-corrected chi connectivity index (χ4v) is 3.66. The summed E-state index contributed by atoms with van der Waals surface area (Å²) in [5.41, 5.74) is 6.64. The van der Waals surface area contributed by atoms with E-state index < -0.39 is 0 Å². The predicted molar refractivity (Wildman–Crippen MR) is 114 cm³/mol. The third-order valence-electron chi connectivity index (χ3n) is 4.93. The molecule has 0 unspecified atom stereocenters. The minimum absolute atomic E-state index is 0.828. The summed E-state index contributed by atoms with van der Waals surface area (Å²) in [5.74, 6) is 0.875. The van der Waals surface area contributed by atoms with Gasteiger partial charge < -0.3 is 4.57 Å². The lowest BCUT2D eigenvalue weighted by Crippen LogP contribution is -2.04. The van der Waals surface area contributed by atoms with Gasteiger partial charge in [0.25, 0.3) is 0 Å². The molecule has 2 heterocycles. The molecule has 0 amide bonds. The van der Waals surface area contributed by atoms with Gasteiger partial charge in [-0.3, -0.25) is 0 Å². The van der Waals surface area contributed by atoms with Crippen molar-refractivity contribution in [3.8, 4) is 22.8 Å². The van der Waals surface area contributed by atoms with E-state index in [1.54, 1.807) is 0 Å². The lowest BCUT2D eigenvalue weighted by Gasteiger charge is -2.12. The van der Waals surface area contributed by atoms with E-state index in [1.807, 2.05) is 48.5 Å². The van der Waals surface area contributed by atoms with Crippen LogP contribution in [0.25, 0.3) is 44.8 Å². The van der Waals surface area contributed by atoms with Gasteiger partial charge in [0.05, 0.1) is 22.1 Å². The van der Waals surface area contributed by atoms with Crippen molar-refractivity contribution in [3.63, 3.8) is 0 Å². The Morgan fingerprint density at radius 2 is 1.25 bits per heavy atom. The molecule has 4 heteroatoms. The highest BCUT2D eigenvalue weighted by atomic mass is 15.1. The van der Waals surface area contributed by atoms with Gasteiger partial charge in [-0.15, -0.1) is 0 Å². The van der Waals surface area contributed by atoms with Gasteiger partial charge in [0, 0.05) is 12.1 Å². The Morgan fingerprint density at radius 3 is 1.96 bits per heavy atom. The van der Waals surface area contributed by atoms with E-state index >= 15 is 0 Å². The quantitative estimate of drug-likeness (QED) is 0.409. The van der Waals surface area contributed by atoms with Crippen molar-refractivity contribution in [1.29, 1.82) is 0 Å². The van der Waals surface area contributed by atoms with E-state index in [0.29, 0.717) is 0 Å². The lowest BCUT2D eigenvalue weighted by atomic mass is 10.1. The standard InChI is InChI=1S/C24H20N4/c1-2-16-28-21-15-9-8-14-20(21)27-24(28)23-22(17-10-4-3-5-11-17)25-18-12-6-7-13-19(18)26-23/h3-15H,2,16H2,1H3. The monoisotopic (exact) mass is 364 g/mol. The zero-order chi connectivity index (χ0) is 18.9. The molecule has 28 heavy (non-hydrogen) atoms. The van der Waals surface area contributed by atoms with E-state index in [-0.39, 0.29) is 0 Å². The lowest BCUT2D eigenvalue weighted by molar-refractivity contribution is 0.702. The summed E-state index contributed by atoms with van der Waals surface area (Å²) in [4.78, 5) is 14.9. The largest absolute Gasteiger partial charge is 0.323 e. The molecule has 0 saturated carbocycles. The van der Waals surface area contributed by atoms with Gasteiger partial charge >= 0.3 is 0 Å². The Morgan fingerprint density at radius 1 is 0.643 bits per heavy atom. The fraction of sp³-hybridized carbons (Fsp3) is 0.125. The highest BCUT2D eigenvalue weighted by Crippen LogP contribution is 2.32. The van der Waals surface area contributed by atoms with Crippen LogP contribution in [0.2, 0.25) is 0 Å². The second kappa shape index (κ2) is 6.89. The molecule has 3 aromatic carbocycles. The second-order valence-corrected chi connectivity index (χ2v) is 6.85. The van der Waals surface area contributed by atoms with Crippen LogP contribution in [0.3, 0.4) is 0 Å². The molecule has 0 atom stereocenters. The van der Waals surface area contributed by atoms with Gasteiger partial charge in [0.15, 0.2) is 5.82 Å². The molecule has 0 aliphatic rings. The number of aryl methyl sites for hydroxylation is 1. The zero-order valence-corrected chi connectivity index (χ0v) is 15.7. The van der Waals surface area contributed by atoms with Gasteiger partial charge in [0.2, 0.25) is 0 Å². The van der Waals surface area contributed by atoms with E-state index in [2.05, 4.69) is 41.8 Å². The van der Waals surface area contributed by atoms with Crippen LogP contribution >= 0.6 is 0 Å². The molecular weight excluding hydrogens is 344 g/mol. The molecule has 5 rings (SSSR count). The molecule has 4 nitrogen and oxygen atoms in total. The Hall–Kier alpha value is -3.53. The van der Waals surface area contributed by atoms with Crippen LogP contribution in [0, 0.1) is 0 Å². The average molecular weight is 364 g/mol. The maximum absolute atomic E-state index is 5.01. The Balaban J connectivity index is 1.86. The third kappa shape index (κ3) is 2.74. The van der Waals surface area contributed by atoms with Crippen LogP contribution in [0.5, 0.6) is 0 Å². The Labute approximate surface area is 163 Å². The molecule has 0 aliphatic heterocycles. The molecule has 2 aromatic heterocycles. The number of hydrogen-bond acceptors (Lipinski definition) is 3. The molecule has 0 aliphatic carbocycles. The summed E-state index contributed by atoms with van der Waals surface area (Å²) < 4.78 is 2.26. The van der Waals surface area contributed by atoms with Gasteiger partial charge in [-0.05, 0) is 30.7 Å². The summed E-state index contributed by atoms with van der Waals surface area (Å²) in [6.07, 6.45) is 1.02. The molecule has 0 N–H and O–H groups in total. The van der Waals surface area contributed by atoms with Crippen molar-refractivity contribution in [1.82, 2.24) is 19.5 Å². The van der Waals surface area contributed by atoms with E-state index in [9.17, 15) is 0 Å². The molecule has 0 saturated heterocycles. The van der Waals surface area contributed by atoms with Crippen LogP contribution in [0.15, 0.2) is 78.9 Å². The molecule has 0 radical (unpaired) electrons. The number of rotatable bonds is 4. The van der Waals surface area contributed by atoms with Crippen molar-refractivity contribution in [3.05, 3.63) is 78.9 Å². The van der Waals surface area contributed by atoms with Crippen molar-refractivity contribution >= 4 is 22.1 Å². The zero-order valence-electron chi connectivity index (χ0n) is 15.7. The first kappa shape index (κ1) is 16.6. The molecule has 0 spiro atoms. The Bertz CT molecular complexity index is 1270. The highest BCUT2D eigenvalue weighted by molar-refractivity contribution is 5.88. The van der Waals surface area contributed by atoms with Crippen LogP contribution in [0.1, 0.15) is 13.3 Å². The minimum atomic E-state index is 0.828. The summed E-state index contributed by atoms with van der Waals surface area (Å²) in [6, 6.07) is 26.5. The summed E-state index contributed by atoms with van der Waals surface area (Å²) in [7, 11) is 0. The number of nitrogens with zero attached hydrogens (tertiary/aromatic N) is 4. The van der Waals surface area contributed by atoms with Crippen LogP contribution in [-0.4, -0.2) is 19.5 Å². The van der Waals surface area contributed by atoms with Crippen molar-refractivity contribution < 1.29 is 0 Å². The first-order valence-corrected chi connectivity index (χ1v) is 9.63. The summed E-state index contributed by atoms with van der Waals surface area (Å²) in [5, 5.41) is 0. The van der Waals surface area contributed by atoms with Crippen LogP contribution in [-0.2, 0) is 6.54 Å². The van der Waals surface area contributed by atoms with Crippen LogP contribution in [0.4, 0.5) is 0 Å². The first-order valence-electron chi connectivity index (χ1n) is 9.63. The molecule has 5 aromatic rings. The number of benzene rings is 3. The number of aromatic nitrogens is 4. The second-order valence-electron chi connectivity index (χ2n) is 6.85. The van der Waals surface area contributed by atoms with Crippen molar-refractivity contribution in [2.45, 2.75) is 19.9 Å². The van der Waals surface area contributed by atoms with Gasteiger partial charge in [-0.2, -0.15) is 0 Å². The maximum Gasteiger partial charge on any atom is 0.162 e. The number of para-hydroxylation sites is 4. The normalized spacial score (nSPS) is 11.3. The van der Waals surface area contributed by atoms with Crippen LogP contribution < -0.4 is 0 Å². The van der Waals surface area contributed by atoms with E-state index in [4.69, 9.17) is 15.0 Å². The SMILES string of the molecule is CCCn1c(-c2nc3ccccc3nc2-c2ccccc2)nc2ccccc21. The van der Waals surface area contributed by atoms with Crippen molar-refractivity contribution in [2.24, 2.45) is 0 Å². The van der Waals surface area contributed by atoms with E-state index in [0.717, 1.165) is 57.8 Å². The highest BCUT2D eigenvalue weighted by Gasteiger charge is 2.19. The summed E-state index contributed by atoms with van der Waals surface area (Å²) >= 11 is 0. The summed E-state index contributed by atoms with van der Waals surface area (Å²) in [6.45, 7) is 3.07. The topological polar surface area (TPSA) is 43.6 Å². The van der Waals surface area contributed by atoms with Gasteiger partial charge in [-0.25, -0.2) is 15.0 Å². The molecule has 136 valence electrons. The van der Waals surface area contributed by atoms with Gasteiger partial charge in [0.1, 0.15) is 11.4 Å². The molecule has 0 bridgehead atoms. The first-order chi connectivity index (χ1) is 13.8.